The van der Waals surface area contributed by atoms with E-state index in [-0.39, 0.29) is 12.5 Å². The number of thiophene rings is 1. The molecule has 0 spiro atoms. The molecule has 5 nitrogen and oxygen atoms in total. The van der Waals surface area contributed by atoms with E-state index in [0.717, 1.165) is 10.2 Å². The Bertz CT molecular complexity index is 648. The van der Waals surface area contributed by atoms with Crippen LogP contribution in [0.1, 0.15) is 31.3 Å². The first-order valence-corrected chi connectivity index (χ1v) is 7.06. The van der Waals surface area contributed by atoms with Gasteiger partial charge in [0.05, 0.1) is 17.3 Å². The number of hydrogen-bond donors (Lipinski definition) is 0. The fourth-order valence-electron chi connectivity index (χ4n) is 1.92. The molecule has 0 aliphatic carbocycles. The van der Waals surface area contributed by atoms with Gasteiger partial charge in [-0.15, -0.1) is 11.3 Å². The number of methoxy groups -OCH3 is 1. The molecule has 2 aromatic heterocycles. The highest BCUT2D eigenvalue weighted by Crippen LogP contribution is 2.26. The zero-order valence-corrected chi connectivity index (χ0v) is 12.7. The fourth-order valence-corrected chi connectivity index (χ4v) is 2.75. The van der Waals surface area contributed by atoms with Gasteiger partial charge in [-0.05, 0) is 38.3 Å². The van der Waals surface area contributed by atoms with Gasteiger partial charge < -0.3 is 14.0 Å². The first-order valence-electron chi connectivity index (χ1n) is 6.19. The molecule has 0 aliphatic heterocycles. The Morgan fingerprint density at radius 2 is 2.05 bits per heavy atom. The summed E-state index contributed by atoms with van der Waals surface area (Å²) in [7, 11) is 1.32. The van der Waals surface area contributed by atoms with Gasteiger partial charge in [0.25, 0.3) is 0 Å². The average Bonchev–Trinajstić information content (AvgIpc) is 2.88. The normalized spacial score (nSPS) is 11.6. The third kappa shape index (κ3) is 3.01. The second kappa shape index (κ2) is 5.28. The van der Waals surface area contributed by atoms with E-state index in [1.54, 1.807) is 10.6 Å². The molecule has 2 aromatic rings. The van der Waals surface area contributed by atoms with Crippen molar-refractivity contribution in [1.82, 2.24) is 4.57 Å². The Kier molecular flexibility index (Phi) is 3.85. The molecule has 0 saturated carbocycles. The van der Waals surface area contributed by atoms with E-state index in [1.807, 2.05) is 32.2 Å². The summed E-state index contributed by atoms with van der Waals surface area (Å²) in [6.07, 6.45) is 0. The van der Waals surface area contributed by atoms with Crippen molar-refractivity contribution in [3.63, 3.8) is 0 Å². The van der Waals surface area contributed by atoms with Crippen LogP contribution in [0.15, 0.2) is 17.5 Å². The van der Waals surface area contributed by atoms with Gasteiger partial charge in [-0.1, -0.05) is 0 Å². The molecule has 6 heteroatoms. The van der Waals surface area contributed by atoms with Crippen LogP contribution < -0.4 is 0 Å². The van der Waals surface area contributed by atoms with Crippen LogP contribution in [-0.2, 0) is 20.8 Å². The van der Waals surface area contributed by atoms with Gasteiger partial charge in [-0.25, -0.2) is 4.79 Å². The zero-order valence-electron chi connectivity index (χ0n) is 11.9. The lowest BCUT2D eigenvalue weighted by Gasteiger charge is -2.20. The lowest BCUT2D eigenvalue weighted by molar-refractivity contribution is -0.155. The third-order valence-corrected chi connectivity index (χ3v) is 3.48. The first-order chi connectivity index (χ1) is 9.31. The van der Waals surface area contributed by atoms with Gasteiger partial charge in [0.15, 0.2) is 0 Å². The lowest BCUT2D eigenvalue weighted by atomic mass is 10.2. The minimum Gasteiger partial charge on any atom is -0.464 e. The highest BCUT2D eigenvalue weighted by Gasteiger charge is 2.22. The summed E-state index contributed by atoms with van der Waals surface area (Å²) in [5, 5.41) is 1.91. The zero-order chi connectivity index (χ0) is 14.9. The van der Waals surface area contributed by atoms with E-state index in [9.17, 15) is 9.59 Å². The van der Waals surface area contributed by atoms with Crippen molar-refractivity contribution in [3.05, 3.63) is 23.2 Å². The van der Waals surface area contributed by atoms with Crippen LogP contribution in [0, 0.1) is 0 Å². The number of aromatic nitrogens is 1. The van der Waals surface area contributed by atoms with E-state index in [1.165, 1.54) is 18.4 Å². The summed E-state index contributed by atoms with van der Waals surface area (Å²) in [5.74, 6) is -0.844. The lowest BCUT2D eigenvalue weighted by Crippen LogP contribution is -2.27. The summed E-state index contributed by atoms with van der Waals surface area (Å²) in [6.45, 7) is 5.41. The fraction of sp³-hybridized carbons (Fsp3) is 0.429. The number of carbonyl (C=O) groups is 2. The highest BCUT2D eigenvalue weighted by molar-refractivity contribution is 7.17. The van der Waals surface area contributed by atoms with Gasteiger partial charge in [0.2, 0.25) is 0 Å². The Morgan fingerprint density at radius 1 is 1.35 bits per heavy atom. The molecule has 0 atom stereocenters. The summed E-state index contributed by atoms with van der Waals surface area (Å²) < 4.78 is 12.6. The van der Waals surface area contributed by atoms with Gasteiger partial charge >= 0.3 is 11.9 Å². The molecular formula is C14H17NO4S. The summed E-state index contributed by atoms with van der Waals surface area (Å²) in [4.78, 5) is 23.7. The second-order valence-corrected chi connectivity index (χ2v) is 6.31. The Labute approximate surface area is 121 Å². The molecule has 0 amide bonds. The number of carbonyl (C=O) groups excluding carboxylic acids is 2. The molecule has 2 rings (SSSR count). The largest absolute Gasteiger partial charge is 0.464 e. The molecule has 0 unspecified atom stereocenters. The minimum absolute atomic E-state index is 0.0120. The second-order valence-electron chi connectivity index (χ2n) is 5.36. The van der Waals surface area contributed by atoms with Gasteiger partial charge in [0.1, 0.15) is 17.8 Å². The molecule has 0 bridgehead atoms. The maximum absolute atomic E-state index is 12.0. The first kappa shape index (κ1) is 14.6. The van der Waals surface area contributed by atoms with Crippen molar-refractivity contribution in [3.8, 4) is 0 Å². The van der Waals surface area contributed by atoms with E-state index in [0.29, 0.717) is 5.69 Å². The van der Waals surface area contributed by atoms with Gasteiger partial charge in [-0.2, -0.15) is 0 Å². The number of hydrogen-bond acceptors (Lipinski definition) is 5. The molecule has 0 fully saturated rings. The molecule has 20 heavy (non-hydrogen) atoms. The van der Waals surface area contributed by atoms with Crippen LogP contribution in [0.2, 0.25) is 0 Å². The van der Waals surface area contributed by atoms with Crippen LogP contribution in [0.25, 0.3) is 10.2 Å². The van der Waals surface area contributed by atoms with E-state index in [2.05, 4.69) is 0 Å². The monoisotopic (exact) mass is 295 g/mol. The molecule has 0 N–H and O–H groups in total. The standard InChI is InChI=1S/C14H17NO4S/c1-14(2,3)19-12(16)8-15-9-5-6-20-11(9)7-10(15)13(17)18-4/h5-7H,8H2,1-4H3. The van der Waals surface area contributed by atoms with Crippen LogP contribution in [0.4, 0.5) is 0 Å². The van der Waals surface area contributed by atoms with E-state index in [4.69, 9.17) is 9.47 Å². The number of rotatable bonds is 3. The number of nitrogens with zero attached hydrogens (tertiary/aromatic N) is 1. The van der Waals surface area contributed by atoms with Crippen molar-refractivity contribution >= 4 is 33.5 Å². The van der Waals surface area contributed by atoms with Crippen LogP contribution in [-0.4, -0.2) is 29.2 Å². The molecule has 0 saturated heterocycles. The maximum atomic E-state index is 12.0. The van der Waals surface area contributed by atoms with Crippen molar-refractivity contribution in [2.45, 2.75) is 32.9 Å². The summed E-state index contributed by atoms with van der Waals surface area (Å²) in [6, 6.07) is 3.60. The third-order valence-electron chi connectivity index (χ3n) is 2.62. The predicted octanol–water partition coefficient (Wildman–Crippen LogP) is 2.83. The summed E-state index contributed by atoms with van der Waals surface area (Å²) in [5.41, 5.74) is 0.644. The summed E-state index contributed by atoms with van der Waals surface area (Å²) >= 11 is 1.51. The van der Waals surface area contributed by atoms with E-state index < -0.39 is 11.6 Å². The minimum atomic E-state index is -0.552. The molecule has 0 radical (unpaired) electrons. The quantitative estimate of drug-likeness (QED) is 0.817. The molecule has 108 valence electrons. The number of ether oxygens (including phenoxy) is 2. The Balaban J connectivity index is 2.34. The Morgan fingerprint density at radius 3 is 2.65 bits per heavy atom. The van der Waals surface area contributed by atoms with Crippen molar-refractivity contribution < 1.29 is 19.1 Å². The van der Waals surface area contributed by atoms with Crippen molar-refractivity contribution in [2.24, 2.45) is 0 Å². The van der Waals surface area contributed by atoms with Crippen LogP contribution >= 0.6 is 11.3 Å². The number of fused-ring (bicyclic) bond motifs is 1. The molecule has 2 heterocycles. The van der Waals surface area contributed by atoms with Crippen LogP contribution in [0.5, 0.6) is 0 Å². The Hall–Kier alpha value is -1.82. The molecular weight excluding hydrogens is 278 g/mol. The highest BCUT2D eigenvalue weighted by atomic mass is 32.1. The van der Waals surface area contributed by atoms with Crippen molar-refractivity contribution in [2.75, 3.05) is 7.11 Å². The van der Waals surface area contributed by atoms with Gasteiger partial charge in [0, 0.05) is 0 Å². The average molecular weight is 295 g/mol. The smallest absolute Gasteiger partial charge is 0.354 e. The molecule has 0 aromatic carbocycles. The SMILES string of the molecule is COC(=O)c1cc2sccc2n1CC(=O)OC(C)(C)C. The van der Waals surface area contributed by atoms with Gasteiger partial charge in [-0.3, -0.25) is 4.79 Å². The predicted molar refractivity (Wildman–Crippen MR) is 77.0 cm³/mol. The maximum Gasteiger partial charge on any atom is 0.354 e. The van der Waals surface area contributed by atoms with Crippen LogP contribution in [0.3, 0.4) is 0 Å². The molecule has 0 aliphatic rings. The number of esters is 2. The van der Waals surface area contributed by atoms with E-state index >= 15 is 0 Å². The topological polar surface area (TPSA) is 57.5 Å². The van der Waals surface area contributed by atoms with Crippen molar-refractivity contribution in [1.29, 1.82) is 0 Å².